The van der Waals surface area contributed by atoms with Gasteiger partial charge < -0.3 is 15.2 Å². The van der Waals surface area contributed by atoms with E-state index in [2.05, 4.69) is 4.74 Å². The molecule has 120 valence electrons. The lowest BCUT2D eigenvalue weighted by Gasteiger charge is -2.18. The van der Waals surface area contributed by atoms with Crippen molar-refractivity contribution in [1.29, 1.82) is 0 Å². The molecule has 0 aliphatic rings. The second-order valence-electron chi connectivity index (χ2n) is 4.86. The van der Waals surface area contributed by atoms with E-state index in [9.17, 15) is 17.6 Å². The number of methoxy groups -OCH3 is 1. The van der Waals surface area contributed by atoms with Gasteiger partial charge in [0.25, 0.3) is 0 Å². The predicted molar refractivity (Wildman–Crippen MR) is 71.2 cm³/mol. The van der Waals surface area contributed by atoms with Gasteiger partial charge in [0.15, 0.2) is 0 Å². The first kappa shape index (κ1) is 17.7. The van der Waals surface area contributed by atoms with Crippen molar-refractivity contribution in [3.8, 4) is 5.75 Å². The number of halogens is 4. The second-order valence-corrected chi connectivity index (χ2v) is 4.86. The largest absolute Gasteiger partial charge is 0.496 e. The maximum atomic E-state index is 12.7. The Morgan fingerprint density at radius 1 is 1.29 bits per heavy atom. The Bertz CT molecular complexity index is 455. The van der Waals surface area contributed by atoms with Gasteiger partial charge in [-0.25, -0.2) is 8.78 Å². The van der Waals surface area contributed by atoms with Gasteiger partial charge in [-0.2, -0.15) is 8.78 Å². The molecule has 0 saturated carbocycles. The van der Waals surface area contributed by atoms with Crippen LogP contribution in [0, 0.1) is 6.92 Å². The zero-order chi connectivity index (χ0) is 16.0. The first-order valence-corrected chi connectivity index (χ1v) is 6.39. The van der Waals surface area contributed by atoms with Crippen LogP contribution in [0.15, 0.2) is 18.2 Å². The van der Waals surface area contributed by atoms with Crippen molar-refractivity contribution in [1.82, 2.24) is 0 Å². The minimum Gasteiger partial charge on any atom is -0.496 e. The average molecular weight is 309 g/mol. The maximum absolute atomic E-state index is 12.7. The molecule has 2 N–H and O–H groups in total. The summed E-state index contributed by atoms with van der Waals surface area (Å²) < 4.78 is 59.0. The Morgan fingerprint density at radius 3 is 2.52 bits per heavy atom. The zero-order valence-electron chi connectivity index (χ0n) is 11.9. The molecule has 1 aromatic rings. The molecule has 0 amide bonds. The number of aryl methyl sites for hydroxylation is 1. The summed E-state index contributed by atoms with van der Waals surface area (Å²) in [5, 5.41) is 0. The Morgan fingerprint density at radius 2 is 1.95 bits per heavy atom. The summed E-state index contributed by atoms with van der Waals surface area (Å²) in [4.78, 5) is 0. The van der Waals surface area contributed by atoms with Crippen LogP contribution in [0.3, 0.4) is 0 Å². The summed E-state index contributed by atoms with van der Waals surface area (Å²) >= 11 is 0. The topological polar surface area (TPSA) is 44.5 Å². The van der Waals surface area contributed by atoms with Gasteiger partial charge in [-0.15, -0.1) is 0 Å². The third-order valence-corrected chi connectivity index (χ3v) is 2.86. The molecule has 7 heteroatoms. The highest BCUT2D eigenvalue weighted by molar-refractivity contribution is 5.37. The fourth-order valence-electron chi connectivity index (χ4n) is 1.82. The van der Waals surface area contributed by atoms with Crippen LogP contribution in [0.1, 0.15) is 11.1 Å². The molecule has 1 atom stereocenters. The van der Waals surface area contributed by atoms with Crippen LogP contribution in [0.25, 0.3) is 0 Å². The van der Waals surface area contributed by atoms with Crippen LogP contribution in [0.5, 0.6) is 5.75 Å². The number of ether oxygens (including phenoxy) is 2. The van der Waals surface area contributed by atoms with Crippen LogP contribution < -0.4 is 10.5 Å². The van der Waals surface area contributed by atoms with Gasteiger partial charge in [-0.1, -0.05) is 17.7 Å². The van der Waals surface area contributed by atoms with E-state index in [1.165, 1.54) is 7.11 Å². The van der Waals surface area contributed by atoms with Crippen molar-refractivity contribution in [2.24, 2.45) is 5.73 Å². The van der Waals surface area contributed by atoms with E-state index in [-0.39, 0.29) is 6.61 Å². The van der Waals surface area contributed by atoms with Crippen LogP contribution in [0.4, 0.5) is 17.6 Å². The summed E-state index contributed by atoms with van der Waals surface area (Å²) in [6.07, 6.45) is -3.41. The van der Waals surface area contributed by atoms with E-state index in [4.69, 9.17) is 10.5 Å². The standard InChI is InChI=1S/C14H19F4NO2/c1-9-3-4-12(20-2)10(5-9)6-11(19)7-21-8-14(17,18)13(15)16/h3-5,11,13H,6-8,19H2,1-2H3. The molecule has 1 rings (SSSR count). The van der Waals surface area contributed by atoms with Crippen molar-refractivity contribution in [2.75, 3.05) is 20.3 Å². The van der Waals surface area contributed by atoms with Gasteiger partial charge in [0.05, 0.1) is 13.7 Å². The Hall–Kier alpha value is -1.34. The predicted octanol–water partition coefficient (Wildman–Crippen LogP) is 2.79. The van der Waals surface area contributed by atoms with Gasteiger partial charge in [-0.05, 0) is 25.0 Å². The number of hydrogen-bond acceptors (Lipinski definition) is 3. The van der Waals surface area contributed by atoms with Gasteiger partial charge in [0.2, 0.25) is 0 Å². The Balaban J connectivity index is 2.51. The molecule has 0 fully saturated rings. The van der Waals surface area contributed by atoms with Crippen molar-refractivity contribution >= 4 is 0 Å². The lowest BCUT2D eigenvalue weighted by atomic mass is 10.0. The molecule has 0 aliphatic heterocycles. The summed E-state index contributed by atoms with van der Waals surface area (Å²) in [6, 6.07) is 4.93. The smallest absolute Gasteiger partial charge is 0.330 e. The highest BCUT2D eigenvalue weighted by Gasteiger charge is 2.41. The van der Waals surface area contributed by atoms with E-state index in [1.807, 2.05) is 19.1 Å². The molecule has 3 nitrogen and oxygen atoms in total. The minimum absolute atomic E-state index is 0.237. The van der Waals surface area contributed by atoms with E-state index < -0.39 is 25.0 Å². The van der Waals surface area contributed by atoms with Gasteiger partial charge in [-0.3, -0.25) is 0 Å². The lowest BCUT2D eigenvalue weighted by Crippen LogP contribution is -2.36. The normalized spacial score (nSPS) is 13.5. The quantitative estimate of drug-likeness (QED) is 0.751. The molecule has 0 bridgehead atoms. The molecule has 0 radical (unpaired) electrons. The Labute approximate surface area is 121 Å². The molecule has 0 heterocycles. The SMILES string of the molecule is COc1ccc(C)cc1CC(N)COCC(F)(F)C(F)F. The fraction of sp³-hybridized carbons (Fsp3) is 0.571. The molecule has 1 aromatic carbocycles. The van der Waals surface area contributed by atoms with Crippen LogP contribution >= 0.6 is 0 Å². The third kappa shape index (κ3) is 5.51. The molecule has 0 aromatic heterocycles. The number of hydrogen-bond donors (Lipinski definition) is 1. The van der Waals surface area contributed by atoms with E-state index in [1.54, 1.807) is 6.07 Å². The van der Waals surface area contributed by atoms with Gasteiger partial charge in [0, 0.05) is 6.04 Å². The highest BCUT2D eigenvalue weighted by Crippen LogP contribution is 2.23. The molecular weight excluding hydrogens is 290 g/mol. The van der Waals surface area contributed by atoms with E-state index >= 15 is 0 Å². The summed E-state index contributed by atoms with van der Waals surface area (Å²) in [5.74, 6) is -3.52. The number of benzene rings is 1. The van der Waals surface area contributed by atoms with Crippen molar-refractivity contribution in [3.63, 3.8) is 0 Å². The average Bonchev–Trinajstić information content (AvgIpc) is 2.38. The van der Waals surface area contributed by atoms with E-state index in [0.29, 0.717) is 12.2 Å². The Kier molecular flexibility index (Phi) is 6.42. The zero-order valence-corrected chi connectivity index (χ0v) is 11.9. The van der Waals surface area contributed by atoms with Crippen LogP contribution in [0.2, 0.25) is 0 Å². The summed E-state index contributed by atoms with van der Waals surface area (Å²) in [5.41, 5.74) is 7.59. The van der Waals surface area contributed by atoms with Crippen LogP contribution in [-0.2, 0) is 11.2 Å². The molecule has 0 spiro atoms. The monoisotopic (exact) mass is 309 g/mol. The van der Waals surface area contributed by atoms with Crippen molar-refractivity contribution in [3.05, 3.63) is 29.3 Å². The first-order valence-electron chi connectivity index (χ1n) is 6.39. The number of rotatable bonds is 8. The highest BCUT2D eigenvalue weighted by atomic mass is 19.3. The molecule has 21 heavy (non-hydrogen) atoms. The number of alkyl halides is 4. The number of nitrogens with two attached hydrogens (primary N) is 1. The summed E-state index contributed by atoms with van der Waals surface area (Å²) in [6.45, 7) is 0.316. The maximum Gasteiger partial charge on any atom is 0.330 e. The molecule has 0 aliphatic carbocycles. The minimum atomic E-state index is -4.15. The van der Waals surface area contributed by atoms with Gasteiger partial charge >= 0.3 is 12.3 Å². The summed E-state index contributed by atoms with van der Waals surface area (Å²) in [7, 11) is 1.51. The second kappa shape index (κ2) is 7.61. The molecule has 0 saturated heterocycles. The van der Waals surface area contributed by atoms with E-state index in [0.717, 1.165) is 11.1 Å². The fourth-order valence-corrected chi connectivity index (χ4v) is 1.82. The first-order chi connectivity index (χ1) is 9.76. The van der Waals surface area contributed by atoms with Crippen molar-refractivity contribution < 1.29 is 27.0 Å². The third-order valence-electron chi connectivity index (χ3n) is 2.86. The lowest BCUT2D eigenvalue weighted by molar-refractivity contribution is -0.166. The molecular formula is C14H19F4NO2. The van der Waals surface area contributed by atoms with Crippen molar-refractivity contribution in [2.45, 2.75) is 31.7 Å². The molecule has 1 unspecified atom stereocenters. The van der Waals surface area contributed by atoms with Crippen LogP contribution in [-0.4, -0.2) is 38.7 Å². The van der Waals surface area contributed by atoms with Gasteiger partial charge in [0.1, 0.15) is 12.4 Å².